The summed E-state index contributed by atoms with van der Waals surface area (Å²) >= 11 is 0. The average Bonchev–Trinajstić information content (AvgIpc) is 3.09. The summed E-state index contributed by atoms with van der Waals surface area (Å²) < 4.78 is 2.02. The van der Waals surface area contributed by atoms with E-state index < -0.39 is 0 Å². The van der Waals surface area contributed by atoms with E-state index in [9.17, 15) is 0 Å². The van der Waals surface area contributed by atoms with Gasteiger partial charge in [0.15, 0.2) is 0 Å². The van der Waals surface area contributed by atoms with Gasteiger partial charge in [-0.3, -0.25) is 0 Å². The molecule has 0 aliphatic carbocycles. The van der Waals surface area contributed by atoms with Crippen LogP contribution in [0, 0.1) is 0 Å². The molecule has 0 saturated carbocycles. The van der Waals surface area contributed by atoms with Crippen LogP contribution in [0.2, 0.25) is 0 Å². The van der Waals surface area contributed by atoms with Gasteiger partial charge in [0.1, 0.15) is 12.2 Å². The van der Waals surface area contributed by atoms with Crippen LogP contribution in [0.3, 0.4) is 0 Å². The van der Waals surface area contributed by atoms with Crippen molar-refractivity contribution in [2.45, 2.75) is 32.0 Å². The first-order chi connectivity index (χ1) is 11.4. The number of hydrogen-bond acceptors (Lipinski definition) is 3. The highest BCUT2D eigenvalue weighted by Crippen LogP contribution is 2.20. The zero-order valence-electron chi connectivity index (χ0n) is 13.0. The third-order valence-electron chi connectivity index (χ3n) is 4.43. The largest absolute Gasteiger partial charge is 0.308 e. The Labute approximate surface area is 136 Å². The number of benzene rings is 2. The molecule has 23 heavy (non-hydrogen) atoms. The molecule has 0 saturated heterocycles. The van der Waals surface area contributed by atoms with Gasteiger partial charge in [-0.2, -0.15) is 5.10 Å². The van der Waals surface area contributed by atoms with Crippen molar-refractivity contribution in [2.24, 2.45) is 0 Å². The third-order valence-corrected chi connectivity index (χ3v) is 4.43. The number of nitrogens with one attached hydrogen (secondary N) is 1. The van der Waals surface area contributed by atoms with Gasteiger partial charge >= 0.3 is 0 Å². The summed E-state index contributed by atoms with van der Waals surface area (Å²) in [5.74, 6) is 1.11. The molecular formula is C19H20N4. The minimum absolute atomic E-state index is 0.463. The Morgan fingerprint density at radius 3 is 2.83 bits per heavy atom. The van der Waals surface area contributed by atoms with Crippen molar-refractivity contribution in [1.29, 1.82) is 0 Å². The van der Waals surface area contributed by atoms with Gasteiger partial charge in [-0.15, -0.1) is 0 Å². The molecule has 0 amide bonds. The lowest BCUT2D eigenvalue weighted by Crippen LogP contribution is -2.37. The zero-order chi connectivity index (χ0) is 15.5. The van der Waals surface area contributed by atoms with Crippen LogP contribution in [0.5, 0.6) is 0 Å². The van der Waals surface area contributed by atoms with Crippen molar-refractivity contribution in [1.82, 2.24) is 20.1 Å². The molecule has 1 aromatic heterocycles. The van der Waals surface area contributed by atoms with Crippen molar-refractivity contribution in [3.63, 3.8) is 0 Å². The second-order valence-corrected chi connectivity index (χ2v) is 6.04. The second-order valence-electron chi connectivity index (χ2n) is 6.04. The van der Waals surface area contributed by atoms with Gasteiger partial charge in [0.25, 0.3) is 0 Å². The maximum absolute atomic E-state index is 4.28. The monoisotopic (exact) mass is 304 g/mol. The Hall–Kier alpha value is -2.46. The molecular weight excluding hydrogens is 284 g/mol. The Kier molecular flexibility index (Phi) is 3.90. The summed E-state index contributed by atoms with van der Waals surface area (Å²) in [5.41, 5.74) is 3.85. The number of aromatic nitrogens is 3. The van der Waals surface area contributed by atoms with E-state index in [-0.39, 0.29) is 0 Å². The number of aryl methyl sites for hydroxylation is 1. The summed E-state index contributed by atoms with van der Waals surface area (Å²) in [6.45, 7) is 1.79. The van der Waals surface area contributed by atoms with Gasteiger partial charge in [-0.25, -0.2) is 9.67 Å². The van der Waals surface area contributed by atoms with Gasteiger partial charge in [-0.05, 0) is 29.2 Å². The summed E-state index contributed by atoms with van der Waals surface area (Å²) in [5, 5.41) is 7.94. The molecule has 2 heterocycles. The standard InChI is InChI=1S/C19H20N4/c1-2-6-16(7-3-1)17-8-4-5-15(11-17)12-20-18-9-10-19-21-14-22-23(19)13-18/h1-8,11,14,18,20H,9-10,12-13H2. The molecule has 4 rings (SSSR count). The summed E-state index contributed by atoms with van der Waals surface area (Å²) in [6, 6.07) is 19.7. The predicted octanol–water partition coefficient (Wildman–Crippen LogP) is 3.05. The highest BCUT2D eigenvalue weighted by molar-refractivity contribution is 5.63. The first-order valence-corrected chi connectivity index (χ1v) is 8.13. The van der Waals surface area contributed by atoms with E-state index in [1.54, 1.807) is 6.33 Å². The van der Waals surface area contributed by atoms with Crippen molar-refractivity contribution >= 4 is 0 Å². The molecule has 116 valence electrons. The molecule has 0 fully saturated rings. The van der Waals surface area contributed by atoms with Crippen LogP contribution < -0.4 is 5.32 Å². The van der Waals surface area contributed by atoms with E-state index in [1.807, 2.05) is 4.68 Å². The van der Waals surface area contributed by atoms with Crippen LogP contribution >= 0.6 is 0 Å². The van der Waals surface area contributed by atoms with Crippen molar-refractivity contribution in [3.05, 3.63) is 72.3 Å². The fraction of sp³-hybridized carbons (Fsp3) is 0.263. The second kappa shape index (κ2) is 6.34. The maximum atomic E-state index is 4.28. The molecule has 0 bridgehead atoms. The van der Waals surface area contributed by atoms with Gasteiger partial charge in [0.2, 0.25) is 0 Å². The smallest absolute Gasteiger partial charge is 0.138 e. The van der Waals surface area contributed by atoms with E-state index in [4.69, 9.17) is 0 Å². The molecule has 2 aromatic carbocycles. The third kappa shape index (κ3) is 3.17. The Bertz CT molecular complexity index is 779. The lowest BCUT2D eigenvalue weighted by molar-refractivity contribution is 0.358. The number of nitrogens with zero attached hydrogens (tertiary/aromatic N) is 3. The Morgan fingerprint density at radius 1 is 1.04 bits per heavy atom. The van der Waals surface area contributed by atoms with E-state index in [0.717, 1.165) is 31.8 Å². The SMILES string of the molecule is c1ccc(-c2cccc(CNC3CCc4ncnn4C3)c2)cc1. The average molecular weight is 304 g/mol. The topological polar surface area (TPSA) is 42.7 Å². The number of fused-ring (bicyclic) bond motifs is 1. The van der Waals surface area contributed by atoms with Gasteiger partial charge in [-0.1, -0.05) is 48.5 Å². The highest BCUT2D eigenvalue weighted by atomic mass is 15.3. The summed E-state index contributed by atoms with van der Waals surface area (Å²) in [6.07, 6.45) is 3.78. The lowest BCUT2D eigenvalue weighted by Gasteiger charge is -2.23. The molecule has 1 aliphatic heterocycles. The van der Waals surface area contributed by atoms with Crippen LogP contribution in [0.4, 0.5) is 0 Å². The molecule has 1 atom stereocenters. The first-order valence-electron chi connectivity index (χ1n) is 8.13. The van der Waals surface area contributed by atoms with Crippen molar-refractivity contribution in [3.8, 4) is 11.1 Å². The summed E-state index contributed by atoms with van der Waals surface area (Å²) in [4.78, 5) is 4.28. The molecule has 0 radical (unpaired) electrons. The Morgan fingerprint density at radius 2 is 1.91 bits per heavy atom. The molecule has 1 N–H and O–H groups in total. The van der Waals surface area contributed by atoms with Gasteiger partial charge < -0.3 is 5.32 Å². The van der Waals surface area contributed by atoms with E-state index in [0.29, 0.717) is 6.04 Å². The fourth-order valence-electron chi connectivity index (χ4n) is 3.16. The quantitative estimate of drug-likeness (QED) is 0.805. The normalized spacial score (nSPS) is 17.0. The van der Waals surface area contributed by atoms with Crippen LogP contribution in [-0.2, 0) is 19.5 Å². The van der Waals surface area contributed by atoms with Crippen LogP contribution in [0.25, 0.3) is 11.1 Å². The molecule has 4 nitrogen and oxygen atoms in total. The maximum Gasteiger partial charge on any atom is 0.138 e. The van der Waals surface area contributed by atoms with E-state index >= 15 is 0 Å². The first kappa shape index (κ1) is 14.2. The summed E-state index contributed by atoms with van der Waals surface area (Å²) in [7, 11) is 0. The van der Waals surface area contributed by atoms with Crippen LogP contribution in [0.15, 0.2) is 60.9 Å². The molecule has 1 unspecified atom stereocenters. The number of rotatable bonds is 4. The number of hydrogen-bond donors (Lipinski definition) is 1. The van der Waals surface area contributed by atoms with Crippen molar-refractivity contribution in [2.75, 3.05) is 0 Å². The fourth-order valence-corrected chi connectivity index (χ4v) is 3.16. The molecule has 0 spiro atoms. The molecule has 3 aromatic rings. The van der Waals surface area contributed by atoms with Crippen LogP contribution in [-0.4, -0.2) is 20.8 Å². The minimum Gasteiger partial charge on any atom is -0.308 e. The van der Waals surface area contributed by atoms with Gasteiger partial charge in [0.05, 0.1) is 6.54 Å². The van der Waals surface area contributed by atoms with E-state index in [1.165, 1.54) is 16.7 Å². The minimum atomic E-state index is 0.463. The lowest BCUT2D eigenvalue weighted by atomic mass is 10.0. The van der Waals surface area contributed by atoms with Crippen LogP contribution in [0.1, 0.15) is 17.8 Å². The molecule has 4 heteroatoms. The van der Waals surface area contributed by atoms with Gasteiger partial charge in [0, 0.05) is 19.0 Å². The van der Waals surface area contributed by atoms with Crippen molar-refractivity contribution < 1.29 is 0 Å². The Balaban J connectivity index is 1.42. The highest BCUT2D eigenvalue weighted by Gasteiger charge is 2.19. The zero-order valence-corrected chi connectivity index (χ0v) is 13.0. The van der Waals surface area contributed by atoms with E-state index in [2.05, 4.69) is 70.0 Å². The molecule has 1 aliphatic rings. The predicted molar refractivity (Wildman–Crippen MR) is 90.8 cm³/mol.